The number of hydrogen-bond acceptors (Lipinski definition) is 2. The summed E-state index contributed by atoms with van der Waals surface area (Å²) in [6.07, 6.45) is 1.95. The van der Waals surface area contributed by atoms with E-state index in [0.717, 1.165) is 17.4 Å². The molecule has 0 aliphatic heterocycles. The average Bonchev–Trinajstić information content (AvgIpc) is 2.60. The molecule has 1 aromatic heterocycles. The van der Waals surface area contributed by atoms with Crippen molar-refractivity contribution in [2.45, 2.75) is 13.5 Å². The quantitative estimate of drug-likeness (QED) is 0.820. The molecule has 0 atom stereocenters. The van der Waals surface area contributed by atoms with Crippen LogP contribution in [-0.4, -0.2) is 22.1 Å². The lowest BCUT2D eigenvalue weighted by Gasteiger charge is -2.05. The van der Waals surface area contributed by atoms with Gasteiger partial charge in [0.15, 0.2) is 0 Å². The zero-order valence-corrected chi connectivity index (χ0v) is 9.10. The number of amides is 1. The van der Waals surface area contributed by atoms with Crippen molar-refractivity contribution in [3.8, 4) is 5.75 Å². The lowest BCUT2D eigenvalue weighted by atomic mass is 10.2. The van der Waals surface area contributed by atoms with E-state index in [0.29, 0.717) is 6.54 Å². The molecule has 0 saturated heterocycles. The average molecular weight is 218 g/mol. The molecule has 4 heteroatoms. The lowest BCUT2D eigenvalue weighted by molar-refractivity contribution is -0.118. The second-order valence-corrected chi connectivity index (χ2v) is 3.74. The number of phenolic OH excluding ortho intramolecular Hbond substituents is 1. The van der Waals surface area contributed by atoms with Crippen LogP contribution in [0.4, 0.5) is 0 Å². The van der Waals surface area contributed by atoms with Crippen LogP contribution >= 0.6 is 0 Å². The van der Waals surface area contributed by atoms with Gasteiger partial charge in [-0.2, -0.15) is 0 Å². The highest BCUT2D eigenvalue weighted by molar-refractivity contribution is 5.81. The minimum absolute atomic E-state index is 0.0193. The summed E-state index contributed by atoms with van der Waals surface area (Å²) in [6, 6.07) is 7.21. The summed E-state index contributed by atoms with van der Waals surface area (Å²) in [5.41, 5.74) is 1.06. The zero-order valence-electron chi connectivity index (χ0n) is 9.10. The first-order valence-electron chi connectivity index (χ1n) is 5.19. The highest BCUT2D eigenvalue weighted by atomic mass is 16.3. The van der Waals surface area contributed by atoms with Crippen LogP contribution in [-0.2, 0) is 11.3 Å². The highest BCUT2D eigenvalue weighted by Gasteiger charge is 2.01. The maximum absolute atomic E-state index is 10.7. The first-order chi connectivity index (χ1) is 7.66. The van der Waals surface area contributed by atoms with Crippen molar-refractivity contribution in [1.82, 2.24) is 9.88 Å². The van der Waals surface area contributed by atoms with E-state index >= 15 is 0 Å². The minimum atomic E-state index is -0.0193. The van der Waals surface area contributed by atoms with E-state index in [1.807, 2.05) is 22.9 Å². The number of nitrogens with zero attached hydrogens (tertiary/aromatic N) is 1. The Morgan fingerprint density at radius 3 is 3.00 bits per heavy atom. The van der Waals surface area contributed by atoms with Gasteiger partial charge in [-0.3, -0.25) is 4.79 Å². The molecule has 1 aromatic carbocycles. The van der Waals surface area contributed by atoms with Gasteiger partial charge < -0.3 is 15.0 Å². The summed E-state index contributed by atoms with van der Waals surface area (Å²) in [5, 5.41) is 13.1. The van der Waals surface area contributed by atoms with Gasteiger partial charge in [-0.25, -0.2) is 0 Å². The first-order valence-corrected chi connectivity index (χ1v) is 5.19. The predicted molar refractivity (Wildman–Crippen MR) is 62.3 cm³/mol. The largest absolute Gasteiger partial charge is 0.508 e. The number of benzene rings is 1. The van der Waals surface area contributed by atoms with Crippen molar-refractivity contribution in [3.63, 3.8) is 0 Å². The van der Waals surface area contributed by atoms with Crippen LogP contribution in [0, 0.1) is 0 Å². The second-order valence-electron chi connectivity index (χ2n) is 3.74. The number of phenols is 1. The van der Waals surface area contributed by atoms with Crippen LogP contribution in [0.1, 0.15) is 6.92 Å². The molecule has 0 radical (unpaired) electrons. The van der Waals surface area contributed by atoms with E-state index in [9.17, 15) is 9.90 Å². The zero-order chi connectivity index (χ0) is 11.5. The van der Waals surface area contributed by atoms with Gasteiger partial charge in [0.1, 0.15) is 5.75 Å². The van der Waals surface area contributed by atoms with Crippen molar-refractivity contribution in [2.75, 3.05) is 6.54 Å². The topological polar surface area (TPSA) is 54.3 Å². The molecule has 0 aliphatic carbocycles. The number of carbonyl (C=O) groups excluding carboxylic acids is 1. The van der Waals surface area contributed by atoms with Crippen LogP contribution < -0.4 is 5.32 Å². The minimum Gasteiger partial charge on any atom is -0.508 e. The molecule has 16 heavy (non-hydrogen) atoms. The number of rotatable bonds is 3. The summed E-state index contributed by atoms with van der Waals surface area (Å²) in [5.74, 6) is 0.251. The third kappa shape index (κ3) is 2.16. The van der Waals surface area contributed by atoms with E-state index in [2.05, 4.69) is 5.32 Å². The Morgan fingerprint density at radius 1 is 1.44 bits per heavy atom. The van der Waals surface area contributed by atoms with Gasteiger partial charge >= 0.3 is 0 Å². The van der Waals surface area contributed by atoms with Crippen molar-refractivity contribution < 1.29 is 9.90 Å². The highest BCUT2D eigenvalue weighted by Crippen LogP contribution is 2.20. The molecule has 0 spiro atoms. The normalized spacial score (nSPS) is 10.6. The Hall–Kier alpha value is -1.97. The van der Waals surface area contributed by atoms with Crippen molar-refractivity contribution >= 4 is 16.8 Å². The Morgan fingerprint density at radius 2 is 2.25 bits per heavy atom. The molecule has 0 bridgehead atoms. The maximum Gasteiger partial charge on any atom is 0.216 e. The molecule has 2 aromatic rings. The molecule has 1 amide bonds. The van der Waals surface area contributed by atoms with E-state index in [1.54, 1.807) is 12.1 Å². The van der Waals surface area contributed by atoms with Gasteiger partial charge in [0.25, 0.3) is 0 Å². The Kier molecular flexibility index (Phi) is 2.81. The summed E-state index contributed by atoms with van der Waals surface area (Å²) in [7, 11) is 0. The smallest absolute Gasteiger partial charge is 0.216 e. The summed E-state index contributed by atoms with van der Waals surface area (Å²) in [6.45, 7) is 2.85. The van der Waals surface area contributed by atoms with Crippen molar-refractivity contribution in [2.24, 2.45) is 0 Å². The molecule has 2 rings (SSSR count). The van der Waals surface area contributed by atoms with Crippen LogP contribution in [0.5, 0.6) is 5.75 Å². The summed E-state index contributed by atoms with van der Waals surface area (Å²) >= 11 is 0. The number of aromatic hydroxyl groups is 1. The third-order valence-corrected chi connectivity index (χ3v) is 2.48. The molecular weight excluding hydrogens is 204 g/mol. The summed E-state index contributed by atoms with van der Waals surface area (Å²) in [4.78, 5) is 10.7. The van der Waals surface area contributed by atoms with E-state index in [4.69, 9.17) is 0 Å². The van der Waals surface area contributed by atoms with Gasteiger partial charge in [-0.05, 0) is 24.3 Å². The lowest BCUT2D eigenvalue weighted by Crippen LogP contribution is -2.24. The number of aromatic nitrogens is 1. The predicted octanol–water partition coefficient (Wildman–Crippen LogP) is 1.48. The van der Waals surface area contributed by atoms with Crippen molar-refractivity contribution in [1.29, 1.82) is 0 Å². The van der Waals surface area contributed by atoms with Gasteiger partial charge in [-0.15, -0.1) is 0 Å². The van der Waals surface area contributed by atoms with Crippen molar-refractivity contribution in [3.05, 3.63) is 30.5 Å². The number of carbonyl (C=O) groups is 1. The fourth-order valence-electron chi connectivity index (χ4n) is 1.73. The van der Waals surface area contributed by atoms with Crippen LogP contribution in [0.15, 0.2) is 30.5 Å². The van der Waals surface area contributed by atoms with Crippen LogP contribution in [0.25, 0.3) is 10.9 Å². The molecular formula is C12H14N2O2. The Balaban J connectivity index is 2.15. The van der Waals surface area contributed by atoms with E-state index < -0.39 is 0 Å². The van der Waals surface area contributed by atoms with Crippen LogP contribution in [0.3, 0.4) is 0 Å². The Labute approximate surface area is 93.5 Å². The molecule has 0 unspecified atom stereocenters. The van der Waals surface area contributed by atoms with E-state index in [-0.39, 0.29) is 11.7 Å². The van der Waals surface area contributed by atoms with Gasteiger partial charge in [0.05, 0.1) is 0 Å². The molecule has 0 saturated carbocycles. The Bertz CT molecular complexity index is 517. The number of fused-ring (bicyclic) bond motifs is 1. The number of nitrogens with one attached hydrogen (secondary N) is 1. The van der Waals surface area contributed by atoms with E-state index in [1.165, 1.54) is 6.92 Å². The fourth-order valence-corrected chi connectivity index (χ4v) is 1.73. The first kappa shape index (κ1) is 10.5. The van der Waals surface area contributed by atoms with Gasteiger partial charge in [0, 0.05) is 37.1 Å². The van der Waals surface area contributed by atoms with Gasteiger partial charge in [-0.1, -0.05) is 0 Å². The molecule has 1 heterocycles. The second kappa shape index (κ2) is 4.26. The van der Waals surface area contributed by atoms with Crippen LogP contribution in [0.2, 0.25) is 0 Å². The maximum atomic E-state index is 10.7. The molecule has 0 aliphatic rings. The standard InChI is InChI=1S/C12H14N2O2/c1-9(15)13-5-7-14-6-4-10-8-11(16)2-3-12(10)14/h2-4,6,8,16H,5,7H2,1H3,(H,13,15). The van der Waals surface area contributed by atoms with Gasteiger partial charge in [0.2, 0.25) is 5.91 Å². The monoisotopic (exact) mass is 218 g/mol. The molecule has 0 fully saturated rings. The SMILES string of the molecule is CC(=O)NCCn1ccc2cc(O)ccc21. The fraction of sp³-hybridized carbons (Fsp3) is 0.250. The molecule has 2 N–H and O–H groups in total. The summed E-state index contributed by atoms with van der Waals surface area (Å²) < 4.78 is 2.05. The molecule has 84 valence electrons. The number of hydrogen-bond donors (Lipinski definition) is 2. The third-order valence-electron chi connectivity index (χ3n) is 2.48. The molecule has 4 nitrogen and oxygen atoms in total.